The maximum atomic E-state index is 12.4. The molecule has 1 aliphatic carbocycles. The van der Waals surface area contributed by atoms with Crippen LogP contribution in [0.4, 0.5) is 0 Å². The van der Waals surface area contributed by atoms with Gasteiger partial charge < -0.3 is 10.4 Å². The number of phenols is 1. The molecule has 0 unspecified atom stereocenters. The lowest BCUT2D eigenvalue weighted by Crippen LogP contribution is -2.25. The normalized spacial score (nSPS) is 18.7. The second-order valence-electron chi connectivity index (χ2n) is 6.34. The SMILES string of the molecule is O=C(NCc1ccccc1-n1cccn1)[C@H]1C[C@H]1c1cccc(O)c1. The summed E-state index contributed by atoms with van der Waals surface area (Å²) in [5.41, 5.74) is 3.01. The third-order valence-electron chi connectivity index (χ3n) is 4.62. The Morgan fingerprint density at radius 2 is 2.08 bits per heavy atom. The van der Waals surface area contributed by atoms with E-state index >= 15 is 0 Å². The third-order valence-corrected chi connectivity index (χ3v) is 4.62. The number of carbonyl (C=O) groups is 1. The molecule has 2 N–H and O–H groups in total. The molecule has 2 aromatic carbocycles. The molecule has 5 nitrogen and oxygen atoms in total. The van der Waals surface area contributed by atoms with Gasteiger partial charge in [-0.3, -0.25) is 4.79 Å². The van der Waals surface area contributed by atoms with Gasteiger partial charge in [0, 0.05) is 24.9 Å². The standard InChI is InChI=1S/C20H19N3O2/c24-16-7-3-6-14(11-16)17-12-18(17)20(25)21-13-15-5-1-2-8-19(15)23-10-4-9-22-23/h1-11,17-18,24H,12-13H2,(H,21,25)/t17-,18-/m0/s1. The van der Waals surface area contributed by atoms with Crippen molar-refractivity contribution in [3.63, 3.8) is 0 Å². The lowest BCUT2D eigenvalue weighted by Gasteiger charge is -2.11. The molecule has 1 aliphatic rings. The molecule has 0 aliphatic heterocycles. The molecule has 0 saturated heterocycles. The number of nitrogens with one attached hydrogen (secondary N) is 1. The first-order valence-electron chi connectivity index (χ1n) is 8.37. The van der Waals surface area contributed by atoms with Crippen LogP contribution in [0.2, 0.25) is 0 Å². The highest BCUT2D eigenvalue weighted by Crippen LogP contribution is 2.48. The number of amides is 1. The van der Waals surface area contributed by atoms with Crippen molar-refractivity contribution in [1.29, 1.82) is 0 Å². The minimum atomic E-state index is -0.0151. The van der Waals surface area contributed by atoms with Gasteiger partial charge in [0.2, 0.25) is 5.91 Å². The fraction of sp³-hybridized carbons (Fsp3) is 0.200. The molecule has 4 rings (SSSR count). The smallest absolute Gasteiger partial charge is 0.224 e. The lowest BCUT2D eigenvalue weighted by molar-refractivity contribution is -0.122. The monoisotopic (exact) mass is 333 g/mol. The Hall–Kier alpha value is -3.08. The van der Waals surface area contributed by atoms with Crippen molar-refractivity contribution >= 4 is 5.91 Å². The van der Waals surface area contributed by atoms with E-state index in [9.17, 15) is 9.90 Å². The summed E-state index contributed by atoms with van der Waals surface area (Å²) in [6, 6.07) is 16.9. The van der Waals surface area contributed by atoms with E-state index in [-0.39, 0.29) is 23.5 Å². The van der Waals surface area contributed by atoms with Crippen LogP contribution in [0.1, 0.15) is 23.5 Å². The number of aromatic hydroxyl groups is 1. The van der Waals surface area contributed by atoms with Gasteiger partial charge in [-0.25, -0.2) is 4.68 Å². The molecule has 0 radical (unpaired) electrons. The summed E-state index contributed by atoms with van der Waals surface area (Å²) in [6.45, 7) is 0.470. The van der Waals surface area contributed by atoms with E-state index in [0.717, 1.165) is 23.2 Å². The van der Waals surface area contributed by atoms with Crippen LogP contribution >= 0.6 is 0 Å². The molecule has 1 amide bonds. The molecule has 1 fully saturated rings. The molecule has 3 aromatic rings. The first kappa shape index (κ1) is 15.4. The zero-order valence-corrected chi connectivity index (χ0v) is 13.7. The van der Waals surface area contributed by atoms with Crippen LogP contribution in [0, 0.1) is 5.92 Å². The number of phenolic OH excluding ortho intramolecular Hbond substituents is 1. The molecular weight excluding hydrogens is 314 g/mol. The Bertz CT molecular complexity index is 889. The van der Waals surface area contributed by atoms with E-state index in [4.69, 9.17) is 0 Å². The lowest BCUT2D eigenvalue weighted by atomic mass is 10.1. The number of hydrogen-bond acceptors (Lipinski definition) is 3. The molecule has 1 saturated carbocycles. The van der Waals surface area contributed by atoms with E-state index in [1.807, 2.05) is 48.7 Å². The van der Waals surface area contributed by atoms with Crippen LogP contribution < -0.4 is 5.32 Å². The van der Waals surface area contributed by atoms with Gasteiger partial charge in [0.25, 0.3) is 0 Å². The van der Waals surface area contributed by atoms with Gasteiger partial charge in [0.15, 0.2) is 0 Å². The van der Waals surface area contributed by atoms with Crippen molar-refractivity contribution in [1.82, 2.24) is 15.1 Å². The van der Waals surface area contributed by atoms with Gasteiger partial charge in [-0.1, -0.05) is 30.3 Å². The summed E-state index contributed by atoms with van der Waals surface area (Å²) in [4.78, 5) is 12.4. The second-order valence-corrected chi connectivity index (χ2v) is 6.34. The first-order chi connectivity index (χ1) is 12.2. The molecule has 1 aromatic heterocycles. The summed E-state index contributed by atoms with van der Waals surface area (Å²) in [5.74, 6) is 0.493. The molecule has 126 valence electrons. The van der Waals surface area contributed by atoms with Crippen molar-refractivity contribution in [3.8, 4) is 11.4 Å². The summed E-state index contributed by atoms with van der Waals surface area (Å²) in [5, 5.41) is 16.9. The minimum Gasteiger partial charge on any atom is -0.508 e. The number of nitrogens with zero attached hydrogens (tertiary/aromatic N) is 2. The number of aromatic nitrogens is 2. The topological polar surface area (TPSA) is 67.2 Å². The summed E-state index contributed by atoms with van der Waals surface area (Å²) in [7, 11) is 0. The average Bonchev–Trinajstić information content (AvgIpc) is 3.25. The van der Waals surface area contributed by atoms with Crippen molar-refractivity contribution in [3.05, 3.63) is 78.1 Å². The predicted octanol–water partition coefficient (Wildman–Crippen LogP) is 3.00. The Labute approximate surface area is 145 Å². The summed E-state index contributed by atoms with van der Waals surface area (Å²) in [6.07, 6.45) is 4.45. The van der Waals surface area contributed by atoms with Crippen molar-refractivity contribution in [2.75, 3.05) is 0 Å². The van der Waals surface area contributed by atoms with Crippen molar-refractivity contribution in [2.24, 2.45) is 5.92 Å². The number of benzene rings is 2. The molecule has 0 bridgehead atoms. The highest BCUT2D eigenvalue weighted by molar-refractivity contribution is 5.83. The molecule has 5 heteroatoms. The second kappa shape index (κ2) is 6.43. The van der Waals surface area contributed by atoms with Gasteiger partial charge in [-0.05, 0) is 47.7 Å². The van der Waals surface area contributed by atoms with Crippen LogP contribution in [0.15, 0.2) is 67.0 Å². The predicted molar refractivity (Wildman–Crippen MR) is 94.4 cm³/mol. The van der Waals surface area contributed by atoms with Crippen LogP contribution in [0.25, 0.3) is 5.69 Å². The minimum absolute atomic E-state index is 0.0151. The van der Waals surface area contributed by atoms with Gasteiger partial charge in [0.1, 0.15) is 5.75 Å². The summed E-state index contributed by atoms with van der Waals surface area (Å²) < 4.78 is 1.80. The van der Waals surface area contributed by atoms with E-state index in [0.29, 0.717) is 6.54 Å². The van der Waals surface area contributed by atoms with Crippen molar-refractivity contribution < 1.29 is 9.90 Å². The van der Waals surface area contributed by atoms with Crippen molar-refractivity contribution in [2.45, 2.75) is 18.9 Å². The highest BCUT2D eigenvalue weighted by atomic mass is 16.3. The van der Waals surface area contributed by atoms with Crippen LogP contribution in [0.3, 0.4) is 0 Å². The molecule has 1 heterocycles. The van der Waals surface area contributed by atoms with Crippen LogP contribution in [-0.2, 0) is 11.3 Å². The number of carbonyl (C=O) groups excluding carboxylic acids is 1. The highest BCUT2D eigenvalue weighted by Gasteiger charge is 2.43. The molecular formula is C20H19N3O2. The summed E-state index contributed by atoms with van der Waals surface area (Å²) >= 11 is 0. The van der Waals surface area contributed by atoms with Gasteiger partial charge in [0.05, 0.1) is 5.69 Å². The number of para-hydroxylation sites is 1. The zero-order chi connectivity index (χ0) is 17.2. The van der Waals surface area contributed by atoms with Gasteiger partial charge >= 0.3 is 0 Å². The fourth-order valence-corrected chi connectivity index (χ4v) is 3.22. The first-order valence-corrected chi connectivity index (χ1v) is 8.37. The Morgan fingerprint density at radius 1 is 1.20 bits per heavy atom. The Kier molecular flexibility index (Phi) is 3.98. The molecule has 0 spiro atoms. The Balaban J connectivity index is 1.41. The van der Waals surface area contributed by atoms with E-state index in [2.05, 4.69) is 10.4 Å². The van der Waals surface area contributed by atoms with Crippen LogP contribution in [0.5, 0.6) is 5.75 Å². The van der Waals surface area contributed by atoms with E-state index < -0.39 is 0 Å². The molecule has 2 atom stereocenters. The average molecular weight is 333 g/mol. The fourth-order valence-electron chi connectivity index (χ4n) is 3.22. The van der Waals surface area contributed by atoms with Gasteiger partial charge in [-0.15, -0.1) is 0 Å². The molecule has 25 heavy (non-hydrogen) atoms. The maximum absolute atomic E-state index is 12.4. The third kappa shape index (κ3) is 3.26. The van der Waals surface area contributed by atoms with E-state index in [1.165, 1.54) is 0 Å². The quantitative estimate of drug-likeness (QED) is 0.754. The van der Waals surface area contributed by atoms with Gasteiger partial charge in [-0.2, -0.15) is 5.10 Å². The maximum Gasteiger partial charge on any atom is 0.224 e. The Morgan fingerprint density at radius 3 is 2.88 bits per heavy atom. The number of hydrogen-bond donors (Lipinski definition) is 2. The van der Waals surface area contributed by atoms with E-state index in [1.54, 1.807) is 23.0 Å². The largest absolute Gasteiger partial charge is 0.508 e. The number of rotatable bonds is 5. The zero-order valence-electron chi connectivity index (χ0n) is 13.7. The van der Waals surface area contributed by atoms with Crippen LogP contribution in [-0.4, -0.2) is 20.8 Å².